The molecule has 0 saturated heterocycles. The molecule has 1 aliphatic carbocycles. The first-order chi connectivity index (χ1) is 9.46. The molecule has 1 aromatic rings. The van der Waals surface area contributed by atoms with Crippen LogP contribution < -0.4 is 10.5 Å². The van der Waals surface area contributed by atoms with Crippen LogP contribution in [-0.4, -0.2) is 19.0 Å². The molecule has 2 unspecified atom stereocenters. The van der Waals surface area contributed by atoms with E-state index in [1.54, 1.807) is 12.3 Å². The van der Waals surface area contributed by atoms with E-state index in [4.69, 9.17) is 5.73 Å². The standard InChI is InChI=1S/C14H25N3O2S/c1-3-17-10-14(8-13(17)9-15)20(18,19)16-12-6-4-5-11(2)7-12/h8,10-12,16H,3-7,9,15H2,1-2H3. The van der Waals surface area contributed by atoms with Gasteiger partial charge >= 0.3 is 0 Å². The summed E-state index contributed by atoms with van der Waals surface area (Å²) in [5, 5.41) is 0. The topological polar surface area (TPSA) is 77.1 Å². The van der Waals surface area contributed by atoms with E-state index >= 15 is 0 Å². The quantitative estimate of drug-likeness (QED) is 0.870. The number of nitrogens with one attached hydrogen (secondary N) is 1. The zero-order valence-electron chi connectivity index (χ0n) is 12.3. The van der Waals surface area contributed by atoms with Crippen LogP contribution in [0.15, 0.2) is 17.2 Å². The van der Waals surface area contributed by atoms with Crippen LogP contribution in [0.1, 0.15) is 45.2 Å². The predicted molar refractivity (Wildman–Crippen MR) is 79.7 cm³/mol. The van der Waals surface area contributed by atoms with Crippen LogP contribution in [0.4, 0.5) is 0 Å². The Kier molecular flexibility index (Phi) is 4.88. The molecule has 2 rings (SSSR count). The summed E-state index contributed by atoms with van der Waals surface area (Å²) in [5.41, 5.74) is 6.50. The molecule has 1 aliphatic rings. The monoisotopic (exact) mass is 299 g/mol. The number of nitrogens with zero attached hydrogens (tertiary/aromatic N) is 1. The van der Waals surface area contributed by atoms with E-state index in [0.29, 0.717) is 17.4 Å². The van der Waals surface area contributed by atoms with Crippen molar-refractivity contribution < 1.29 is 8.42 Å². The molecule has 1 heterocycles. The van der Waals surface area contributed by atoms with Gasteiger partial charge in [0.25, 0.3) is 0 Å². The molecule has 0 radical (unpaired) electrons. The highest BCUT2D eigenvalue weighted by molar-refractivity contribution is 7.89. The van der Waals surface area contributed by atoms with Gasteiger partial charge in [-0.2, -0.15) is 0 Å². The summed E-state index contributed by atoms with van der Waals surface area (Å²) in [4.78, 5) is 0.332. The van der Waals surface area contributed by atoms with Crippen LogP contribution in [0.2, 0.25) is 0 Å². The number of aryl methyl sites for hydroxylation is 1. The summed E-state index contributed by atoms with van der Waals surface area (Å²) in [6.07, 6.45) is 5.83. The Labute approximate surface area is 121 Å². The molecule has 0 bridgehead atoms. The highest BCUT2D eigenvalue weighted by atomic mass is 32.2. The van der Waals surface area contributed by atoms with E-state index in [1.165, 1.54) is 6.42 Å². The second-order valence-corrected chi connectivity index (χ2v) is 7.46. The van der Waals surface area contributed by atoms with Crippen molar-refractivity contribution in [2.24, 2.45) is 11.7 Å². The fraction of sp³-hybridized carbons (Fsp3) is 0.714. The summed E-state index contributed by atoms with van der Waals surface area (Å²) in [6.45, 7) is 5.23. The molecule has 2 atom stereocenters. The second kappa shape index (κ2) is 6.28. The maximum atomic E-state index is 12.4. The van der Waals surface area contributed by atoms with Gasteiger partial charge in [-0.25, -0.2) is 13.1 Å². The number of aromatic nitrogens is 1. The molecule has 1 fully saturated rings. The number of nitrogens with two attached hydrogens (primary N) is 1. The second-order valence-electron chi connectivity index (χ2n) is 5.75. The van der Waals surface area contributed by atoms with Crippen LogP contribution in [-0.2, 0) is 23.1 Å². The first-order valence-electron chi connectivity index (χ1n) is 7.37. The third kappa shape index (κ3) is 3.42. The minimum atomic E-state index is -3.43. The van der Waals surface area contributed by atoms with Gasteiger partial charge in [0.15, 0.2) is 0 Å². The molecular weight excluding hydrogens is 274 g/mol. The molecule has 3 N–H and O–H groups in total. The zero-order valence-corrected chi connectivity index (χ0v) is 13.1. The van der Waals surface area contributed by atoms with E-state index in [2.05, 4.69) is 11.6 Å². The Bertz CT molecular complexity index is 529. The van der Waals surface area contributed by atoms with Crippen molar-refractivity contribution in [2.75, 3.05) is 0 Å². The zero-order chi connectivity index (χ0) is 14.8. The van der Waals surface area contributed by atoms with Gasteiger partial charge in [-0.05, 0) is 31.7 Å². The van der Waals surface area contributed by atoms with Crippen molar-refractivity contribution in [1.82, 2.24) is 9.29 Å². The van der Waals surface area contributed by atoms with E-state index in [1.807, 2.05) is 11.5 Å². The van der Waals surface area contributed by atoms with Crippen LogP contribution in [0.5, 0.6) is 0 Å². The summed E-state index contributed by atoms with van der Waals surface area (Å²) in [7, 11) is -3.43. The smallest absolute Gasteiger partial charge is 0.242 e. The average Bonchev–Trinajstić information content (AvgIpc) is 2.82. The van der Waals surface area contributed by atoms with Gasteiger partial charge in [0.2, 0.25) is 10.0 Å². The Morgan fingerprint density at radius 2 is 2.20 bits per heavy atom. The van der Waals surface area contributed by atoms with Crippen molar-refractivity contribution in [1.29, 1.82) is 0 Å². The number of sulfonamides is 1. The highest BCUT2D eigenvalue weighted by Crippen LogP contribution is 2.25. The predicted octanol–water partition coefficient (Wildman–Crippen LogP) is 1.82. The van der Waals surface area contributed by atoms with Gasteiger partial charge in [-0.15, -0.1) is 0 Å². The lowest BCUT2D eigenvalue weighted by Crippen LogP contribution is -2.37. The molecule has 114 valence electrons. The average molecular weight is 299 g/mol. The minimum absolute atomic E-state index is 0.0649. The Balaban J connectivity index is 2.15. The van der Waals surface area contributed by atoms with Crippen molar-refractivity contribution >= 4 is 10.0 Å². The van der Waals surface area contributed by atoms with Crippen LogP contribution in [0.3, 0.4) is 0 Å². The summed E-state index contributed by atoms with van der Waals surface area (Å²) in [6, 6.07) is 1.74. The van der Waals surface area contributed by atoms with E-state index in [-0.39, 0.29) is 6.04 Å². The molecule has 0 aliphatic heterocycles. The van der Waals surface area contributed by atoms with Crippen molar-refractivity contribution in [3.05, 3.63) is 18.0 Å². The molecule has 0 aromatic carbocycles. The number of hydrogen-bond donors (Lipinski definition) is 2. The fourth-order valence-corrected chi connectivity index (χ4v) is 4.31. The van der Waals surface area contributed by atoms with Crippen LogP contribution in [0.25, 0.3) is 0 Å². The Hall–Kier alpha value is -0.850. The lowest BCUT2D eigenvalue weighted by atomic mass is 9.88. The van der Waals surface area contributed by atoms with Crippen LogP contribution >= 0.6 is 0 Å². The first kappa shape index (κ1) is 15.5. The fourth-order valence-electron chi connectivity index (χ4n) is 2.97. The molecule has 1 saturated carbocycles. The summed E-state index contributed by atoms with van der Waals surface area (Å²) >= 11 is 0. The molecular formula is C14H25N3O2S. The van der Waals surface area contributed by atoms with Gasteiger partial charge in [-0.3, -0.25) is 0 Å². The Morgan fingerprint density at radius 1 is 1.45 bits per heavy atom. The van der Waals surface area contributed by atoms with Crippen molar-refractivity contribution in [3.63, 3.8) is 0 Å². The summed E-state index contributed by atoms with van der Waals surface area (Å²) in [5.74, 6) is 0.594. The third-order valence-electron chi connectivity index (χ3n) is 4.08. The lowest BCUT2D eigenvalue weighted by molar-refractivity contribution is 0.327. The van der Waals surface area contributed by atoms with Gasteiger partial charge in [-0.1, -0.05) is 19.8 Å². The minimum Gasteiger partial charge on any atom is -0.349 e. The van der Waals surface area contributed by atoms with Gasteiger partial charge < -0.3 is 10.3 Å². The first-order valence-corrected chi connectivity index (χ1v) is 8.86. The normalized spacial score (nSPS) is 23.9. The number of hydrogen-bond acceptors (Lipinski definition) is 3. The molecule has 5 nitrogen and oxygen atoms in total. The van der Waals surface area contributed by atoms with E-state index in [9.17, 15) is 8.42 Å². The molecule has 6 heteroatoms. The SMILES string of the molecule is CCn1cc(S(=O)(=O)NC2CCCC(C)C2)cc1CN. The van der Waals surface area contributed by atoms with E-state index in [0.717, 1.165) is 31.5 Å². The maximum Gasteiger partial charge on any atom is 0.242 e. The highest BCUT2D eigenvalue weighted by Gasteiger charge is 2.25. The van der Waals surface area contributed by atoms with Crippen molar-refractivity contribution in [2.45, 2.75) is 63.6 Å². The summed E-state index contributed by atoms with van der Waals surface area (Å²) < 4.78 is 29.6. The van der Waals surface area contributed by atoms with Crippen LogP contribution in [0, 0.1) is 5.92 Å². The molecule has 1 aromatic heterocycles. The molecule has 20 heavy (non-hydrogen) atoms. The van der Waals surface area contributed by atoms with Gasteiger partial charge in [0.05, 0.1) is 4.90 Å². The van der Waals surface area contributed by atoms with Gasteiger partial charge in [0, 0.05) is 31.0 Å². The molecule has 0 spiro atoms. The van der Waals surface area contributed by atoms with E-state index < -0.39 is 10.0 Å². The Morgan fingerprint density at radius 3 is 2.75 bits per heavy atom. The van der Waals surface area contributed by atoms with Crippen molar-refractivity contribution in [3.8, 4) is 0 Å². The number of rotatable bonds is 5. The third-order valence-corrected chi connectivity index (χ3v) is 5.57. The molecule has 0 amide bonds. The maximum absolute atomic E-state index is 12.4. The van der Waals surface area contributed by atoms with Gasteiger partial charge in [0.1, 0.15) is 0 Å². The largest absolute Gasteiger partial charge is 0.349 e. The lowest BCUT2D eigenvalue weighted by Gasteiger charge is -2.27.